The predicted molar refractivity (Wildman–Crippen MR) is 118 cm³/mol. The van der Waals surface area contributed by atoms with Gasteiger partial charge in [0.15, 0.2) is 11.5 Å². The van der Waals surface area contributed by atoms with Crippen molar-refractivity contribution < 1.29 is 23.7 Å². The number of ether oxygens (including phenoxy) is 4. The highest BCUT2D eigenvalue weighted by molar-refractivity contribution is 5.94. The number of cyclic esters (lactones) is 1. The fourth-order valence-electron chi connectivity index (χ4n) is 5.19. The van der Waals surface area contributed by atoms with Gasteiger partial charge >= 0.3 is 5.97 Å². The second kappa shape index (κ2) is 8.10. The van der Waals surface area contributed by atoms with Gasteiger partial charge in [0.25, 0.3) is 0 Å². The van der Waals surface area contributed by atoms with Gasteiger partial charge in [-0.05, 0) is 55.0 Å². The summed E-state index contributed by atoms with van der Waals surface area (Å²) in [5.41, 5.74) is 3.76. The normalized spacial score (nSPS) is 19.1. The lowest BCUT2D eigenvalue weighted by molar-refractivity contribution is 0.0172. The Morgan fingerprint density at radius 3 is 2.45 bits per heavy atom. The van der Waals surface area contributed by atoms with Gasteiger partial charge in [0.05, 0.1) is 26.4 Å². The van der Waals surface area contributed by atoms with E-state index >= 15 is 0 Å². The van der Waals surface area contributed by atoms with E-state index in [1.54, 1.807) is 14.2 Å². The van der Waals surface area contributed by atoms with E-state index in [0.717, 1.165) is 22.6 Å². The summed E-state index contributed by atoms with van der Waals surface area (Å²) in [5.74, 6) is 2.60. The molecule has 0 atom stereocenters. The number of fused-ring (bicyclic) bond motifs is 1. The summed E-state index contributed by atoms with van der Waals surface area (Å²) >= 11 is 0. The van der Waals surface area contributed by atoms with Crippen molar-refractivity contribution in [3.8, 4) is 28.4 Å². The minimum atomic E-state index is -0.256. The van der Waals surface area contributed by atoms with E-state index in [2.05, 4.69) is 0 Å². The number of carbonyl (C=O) groups is 1. The van der Waals surface area contributed by atoms with Crippen molar-refractivity contribution in [1.82, 2.24) is 0 Å². The maximum atomic E-state index is 11.9. The van der Waals surface area contributed by atoms with E-state index in [9.17, 15) is 4.79 Å². The summed E-state index contributed by atoms with van der Waals surface area (Å²) in [5, 5.41) is 0. The molecule has 0 radical (unpaired) electrons. The topological polar surface area (TPSA) is 54.0 Å². The highest BCUT2D eigenvalue weighted by Crippen LogP contribution is 2.51. The maximum Gasteiger partial charge on any atom is 0.338 e. The number of carbonyl (C=O) groups excluding carboxylic acids is 1. The first-order chi connectivity index (χ1) is 15.1. The lowest BCUT2D eigenvalue weighted by Crippen LogP contribution is -2.39. The molecule has 1 aliphatic heterocycles. The average Bonchev–Trinajstić information content (AvgIpc) is 3.10. The summed E-state index contributed by atoms with van der Waals surface area (Å²) in [4.78, 5) is 11.9. The second-order valence-corrected chi connectivity index (χ2v) is 9.27. The Hall–Kier alpha value is -2.69. The number of hydrogen-bond acceptors (Lipinski definition) is 5. The maximum absolute atomic E-state index is 11.9. The Labute approximate surface area is 183 Å². The quantitative estimate of drug-likeness (QED) is 0.505. The van der Waals surface area contributed by atoms with E-state index in [1.807, 2.05) is 30.3 Å². The summed E-state index contributed by atoms with van der Waals surface area (Å²) in [7, 11) is 3.29. The first-order valence-electron chi connectivity index (χ1n) is 11.3. The van der Waals surface area contributed by atoms with Crippen LogP contribution in [-0.4, -0.2) is 26.8 Å². The van der Waals surface area contributed by atoms with Crippen molar-refractivity contribution in [2.45, 2.75) is 51.6 Å². The molecule has 5 heteroatoms. The van der Waals surface area contributed by atoms with Gasteiger partial charge in [0.1, 0.15) is 6.61 Å². The van der Waals surface area contributed by atoms with Gasteiger partial charge in [-0.3, -0.25) is 0 Å². The summed E-state index contributed by atoms with van der Waals surface area (Å²) in [6.07, 6.45) is 9.15. The van der Waals surface area contributed by atoms with Crippen molar-refractivity contribution in [3.05, 3.63) is 41.5 Å². The number of benzene rings is 2. The van der Waals surface area contributed by atoms with Gasteiger partial charge in [-0.15, -0.1) is 0 Å². The molecule has 31 heavy (non-hydrogen) atoms. The lowest BCUT2D eigenvalue weighted by atomic mass is 9.62. The van der Waals surface area contributed by atoms with Crippen LogP contribution in [0, 0.1) is 11.3 Å². The van der Waals surface area contributed by atoms with Crippen LogP contribution < -0.4 is 14.2 Å². The zero-order valence-electron chi connectivity index (χ0n) is 18.4. The molecule has 0 spiro atoms. The molecule has 2 aliphatic carbocycles. The summed E-state index contributed by atoms with van der Waals surface area (Å²) < 4.78 is 23.0. The molecule has 0 amide bonds. The van der Waals surface area contributed by atoms with E-state index in [0.29, 0.717) is 36.0 Å². The van der Waals surface area contributed by atoms with Gasteiger partial charge < -0.3 is 18.9 Å². The fraction of sp³-hybridized carbons (Fsp3) is 0.500. The van der Waals surface area contributed by atoms with Crippen molar-refractivity contribution in [1.29, 1.82) is 0 Å². The highest BCUT2D eigenvalue weighted by Gasteiger charge is 2.41. The van der Waals surface area contributed by atoms with Crippen LogP contribution in [0.5, 0.6) is 17.2 Å². The molecular weight excluding hydrogens is 392 g/mol. The van der Waals surface area contributed by atoms with E-state index in [4.69, 9.17) is 18.9 Å². The fourth-order valence-corrected chi connectivity index (χ4v) is 5.19. The summed E-state index contributed by atoms with van der Waals surface area (Å²) in [6, 6.07) is 9.72. The molecule has 2 aromatic rings. The molecule has 3 aliphatic rings. The third-order valence-corrected chi connectivity index (χ3v) is 7.38. The van der Waals surface area contributed by atoms with E-state index < -0.39 is 0 Å². The Morgan fingerprint density at radius 1 is 1.00 bits per heavy atom. The Balaban J connectivity index is 1.48. The highest BCUT2D eigenvalue weighted by atomic mass is 16.5. The minimum absolute atomic E-state index is 0.256. The van der Waals surface area contributed by atoms with Crippen molar-refractivity contribution in [2.24, 2.45) is 11.3 Å². The molecule has 2 saturated carbocycles. The van der Waals surface area contributed by atoms with Gasteiger partial charge in [-0.25, -0.2) is 4.79 Å². The second-order valence-electron chi connectivity index (χ2n) is 9.27. The molecule has 5 nitrogen and oxygen atoms in total. The monoisotopic (exact) mass is 422 g/mol. The number of esters is 1. The van der Waals surface area contributed by atoms with Crippen LogP contribution in [0.15, 0.2) is 30.3 Å². The SMILES string of the molecule is COc1ccc(-c2ccc3c(c2)COC3=O)c(OCC2(CC3CCC3)CCC2)c1OC. The molecule has 164 valence electrons. The predicted octanol–water partition coefficient (Wildman–Crippen LogP) is 5.78. The molecule has 2 fully saturated rings. The third kappa shape index (κ3) is 3.64. The molecular formula is C26H30O5. The van der Waals surface area contributed by atoms with Crippen LogP contribution in [-0.2, 0) is 11.3 Å². The van der Waals surface area contributed by atoms with Crippen LogP contribution in [0.3, 0.4) is 0 Å². The Bertz CT molecular complexity index is 988. The molecule has 0 N–H and O–H groups in total. The van der Waals surface area contributed by atoms with Gasteiger partial charge in [-0.2, -0.15) is 0 Å². The molecule has 0 aromatic heterocycles. The number of hydrogen-bond donors (Lipinski definition) is 0. The van der Waals surface area contributed by atoms with Gasteiger partial charge in [0.2, 0.25) is 5.75 Å². The van der Waals surface area contributed by atoms with E-state index in [1.165, 1.54) is 44.9 Å². The largest absolute Gasteiger partial charge is 0.493 e. The van der Waals surface area contributed by atoms with Crippen molar-refractivity contribution in [3.63, 3.8) is 0 Å². The average molecular weight is 423 g/mol. The summed E-state index contributed by atoms with van der Waals surface area (Å²) in [6.45, 7) is 1.02. The molecule has 2 aromatic carbocycles. The Morgan fingerprint density at radius 2 is 1.81 bits per heavy atom. The minimum Gasteiger partial charge on any atom is -0.493 e. The molecule has 0 unspecified atom stereocenters. The van der Waals surface area contributed by atoms with Gasteiger partial charge in [0, 0.05) is 16.5 Å². The van der Waals surface area contributed by atoms with Crippen LogP contribution in [0.1, 0.15) is 60.9 Å². The smallest absolute Gasteiger partial charge is 0.338 e. The first-order valence-corrected chi connectivity index (χ1v) is 11.3. The Kier molecular flexibility index (Phi) is 5.28. The van der Waals surface area contributed by atoms with Crippen LogP contribution in [0.4, 0.5) is 0 Å². The van der Waals surface area contributed by atoms with Crippen LogP contribution >= 0.6 is 0 Å². The van der Waals surface area contributed by atoms with Crippen molar-refractivity contribution in [2.75, 3.05) is 20.8 Å². The molecule has 0 bridgehead atoms. The lowest BCUT2D eigenvalue weighted by Gasteiger charge is -2.45. The van der Waals surface area contributed by atoms with Crippen LogP contribution in [0.2, 0.25) is 0 Å². The van der Waals surface area contributed by atoms with Gasteiger partial charge in [-0.1, -0.05) is 31.7 Å². The van der Waals surface area contributed by atoms with Crippen LogP contribution in [0.25, 0.3) is 11.1 Å². The van der Waals surface area contributed by atoms with Crippen molar-refractivity contribution >= 4 is 5.97 Å². The van der Waals surface area contributed by atoms with E-state index in [-0.39, 0.29) is 11.4 Å². The number of rotatable bonds is 8. The first kappa shape index (κ1) is 20.2. The standard InChI is InChI=1S/C26H30O5/c1-28-22-10-9-20(18-7-8-21-19(13-18)15-30-25(21)27)23(24(22)29-2)31-16-26(11-4-12-26)14-17-5-3-6-17/h7-10,13,17H,3-6,11-12,14-16H2,1-2H3. The zero-order chi connectivity index (χ0) is 21.4. The molecule has 5 rings (SSSR count). The third-order valence-electron chi connectivity index (χ3n) is 7.38. The zero-order valence-corrected chi connectivity index (χ0v) is 18.4. The molecule has 1 heterocycles. The molecule has 0 saturated heterocycles. The number of methoxy groups -OCH3 is 2.